The van der Waals surface area contributed by atoms with Crippen LogP contribution in [0.15, 0.2) is 65.5 Å². The molecule has 0 saturated carbocycles. The van der Waals surface area contributed by atoms with Gasteiger partial charge in [-0.15, -0.1) is 0 Å². The second-order valence-corrected chi connectivity index (χ2v) is 9.30. The van der Waals surface area contributed by atoms with Crippen LogP contribution in [0.4, 0.5) is 0 Å². The highest BCUT2D eigenvalue weighted by molar-refractivity contribution is 7.09. The second kappa shape index (κ2) is 10.5. The van der Waals surface area contributed by atoms with Crippen molar-refractivity contribution in [1.82, 2.24) is 9.36 Å². The molecule has 0 unspecified atom stereocenters. The van der Waals surface area contributed by atoms with E-state index in [-0.39, 0.29) is 11.7 Å². The minimum absolute atomic E-state index is 0.00792. The summed E-state index contributed by atoms with van der Waals surface area (Å²) in [5.74, 6) is 1.45. The molecule has 2 aromatic carbocycles. The number of aryl methyl sites for hydroxylation is 1. The Bertz CT molecular complexity index is 1360. The fourth-order valence-electron chi connectivity index (χ4n) is 4.53. The molecular formula is C28H28N2O4S. The van der Waals surface area contributed by atoms with E-state index in [2.05, 4.69) is 33.6 Å². The molecule has 1 aliphatic rings. The van der Waals surface area contributed by atoms with Crippen molar-refractivity contribution in [3.8, 4) is 33.2 Å². The Morgan fingerprint density at radius 3 is 2.66 bits per heavy atom. The van der Waals surface area contributed by atoms with Crippen LogP contribution in [-0.2, 0) is 11.2 Å². The van der Waals surface area contributed by atoms with E-state index in [0.717, 1.165) is 40.3 Å². The highest BCUT2D eigenvalue weighted by atomic mass is 32.1. The topological polar surface area (TPSA) is 73.4 Å². The van der Waals surface area contributed by atoms with Gasteiger partial charge in [0.25, 0.3) is 5.56 Å². The van der Waals surface area contributed by atoms with Crippen molar-refractivity contribution >= 4 is 11.5 Å². The summed E-state index contributed by atoms with van der Waals surface area (Å²) >= 11 is 1.34. The number of hydrogen-bond acceptors (Lipinski definition) is 6. The summed E-state index contributed by atoms with van der Waals surface area (Å²) in [7, 11) is 0. The Morgan fingerprint density at radius 1 is 1.06 bits per heavy atom. The molecule has 5 rings (SSSR count). The van der Waals surface area contributed by atoms with Crippen LogP contribution < -0.4 is 15.0 Å². The first-order chi connectivity index (χ1) is 17.1. The molecule has 0 radical (unpaired) electrons. The number of ether oxygens (including phenoxy) is 3. The summed E-state index contributed by atoms with van der Waals surface area (Å²) in [5.41, 5.74) is 6.75. The monoisotopic (exact) mass is 488 g/mol. The van der Waals surface area contributed by atoms with Crippen LogP contribution in [0, 0.1) is 6.92 Å². The van der Waals surface area contributed by atoms with E-state index >= 15 is 0 Å². The highest BCUT2D eigenvalue weighted by Crippen LogP contribution is 2.41. The van der Waals surface area contributed by atoms with Crippen molar-refractivity contribution in [3.05, 3.63) is 87.8 Å². The summed E-state index contributed by atoms with van der Waals surface area (Å²) in [6, 6.07) is 20.0. The van der Waals surface area contributed by atoms with Crippen molar-refractivity contribution in [2.75, 3.05) is 19.8 Å². The minimum atomic E-state index is -0.0714. The molecule has 0 saturated heterocycles. The molecule has 0 bridgehead atoms. The molecule has 35 heavy (non-hydrogen) atoms. The van der Waals surface area contributed by atoms with Gasteiger partial charge in [0.2, 0.25) is 5.88 Å². The first-order valence-electron chi connectivity index (χ1n) is 11.9. The van der Waals surface area contributed by atoms with E-state index in [1.807, 2.05) is 44.2 Å². The van der Waals surface area contributed by atoms with E-state index in [1.54, 1.807) is 6.07 Å². The zero-order chi connectivity index (χ0) is 24.2. The van der Waals surface area contributed by atoms with Gasteiger partial charge in [-0.3, -0.25) is 9.17 Å². The van der Waals surface area contributed by atoms with E-state index in [9.17, 15) is 4.79 Å². The number of nitrogens with one attached hydrogen (secondary N) is 1. The third-order valence-electron chi connectivity index (χ3n) is 6.19. The summed E-state index contributed by atoms with van der Waals surface area (Å²) in [5, 5.41) is 0. The highest BCUT2D eigenvalue weighted by Gasteiger charge is 2.27. The number of rotatable bonds is 9. The third kappa shape index (κ3) is 5.16. The molecule has 0 amide bonds. The predicted octanol–water partition coefficient (Wildman–Crippen LogP) is 5.96. The number of aromatic amines is 1. The molecule has 4 aromatic rings. The summed E-state index contributed by atoms with van der Waals surface area (Å²) in [4.78, 5) is 17.0. The van der Waals surface area contributed by atoms with E-state index in [4.69, 9.17) is 14.2 Å². The van der Waals surface area contributed by atoms with Gasteiger partial charge in [0.1, 0.15) is 18.5 Å². The molecule has 0 spiro atoms. The average Bonchev–Trinajstić information content (AvgIpc) is 3.49. The number of H-pyrrole nitrogens is 1. The zero-order valence-electron chi connectivity index (χ0n) is 19.9. The third-order valence-corrected chi connectivity index (χ3v) is 7.07. The smallest absolute Gasteiger partial charge is 0.258 e. The van der Waals surface area contributed by atoms with Gasteiger partial charge in [0.05, 0.1) is 11.5 Å². The van der Waals surface area contributed by atoms with Crippen LogP contribution in [0.25, 0.3) is 21.6 Å². The van der Waals surface area contributed by atoms with Crippen LogP contribution in [-0.4, -0.2) is 29.2 Å². The summed E-state index contributed by atoms with van der Waals surface area (Å²) < 4.78 is 20.2. The molecule has 1 atom stereocenters. The van der Waals surface area contributed by atoms with Gasteiger partial charge < -0.3 is 14.2 Å². The molecule has 2 heterocycles. The number of fused-ring (bicyclic) bond motifs is 1. The van der Waals surface area contributed by atoms with Crippen LogP contribution in [0.5, 0.6) is 11.6 Å². The van der Waals surface area contributed by atoms with Crippen LogP contribution in [0.3, 0.4) is 0 Å². The molecule has 0 fully saturated rings. The number of nitrogens with zero attached hydrogens (tertiary/aromatic N) is 1. The zero-order valence-corrected chi connectivity index (χ0v) is 20.7. The normalized spacial score (nSPS) is 14.6. The van der Waals surface area contributed by atoms with Gasteiger partial charge in [-0.2, -0.15) is 0 Å². The molecule has 7 heteroatoms. The van der Waals surface area contributed by atoms with Crippen molar-refractivity contribution < 1.29 is 14.2 Å². The molecule has 2 aromatic heterocycles. The Balaban J connectivity index is 1.32. The van der Waals surface area contributed by atoms with Gasteiger partial charge in [0, 0.05) is 30.0 Å². The van der Waals surface area contributed by atoms with Gasteiger partial charge in [-0.05, 0) is 79.3 Å². The fraction of sp³-hybridized carbons (Fsp3) is 0.286. The maximum absolute atomic E-state index is 11.4. The summed E-state index contributed by atoms with van der Waals surface area (Å²) in [6.45, 7) is 5.73. The van der Waals surface area contributed by atoms with Crippen LogP contribution >= 0.6 is 11.5 Å². The van der Waals surface area contributed by atoms with Gasteiger partial charge in [-0.25, -0.2) is 4.98 Å². The lowest BCUT2D eigenvalue weighted by atomic mass is 9.96. The minimum Gasteiger partial charge on any atom is -0.486 e. The fourth-order valence-corrected chi connectivity index (χ4v) is 5.22. The lowest BCUT2D eigenvalue weighted by Crippen LogP contribution is -2.07. The first-order valence-corrected chi connectivity index (χ1v) is 12.7. The lowest BCUT2D eigenvalue weighted by Gasteiger charge is -2.17. The molecule has 6 nitrogen and oxygen atoms in total. The molecule has 0 aliphatic heterocycles. The number of pyridine rings is 1. The second-order valence-electron chi connectivity index (χ2n) is 8.45. The standard InChI is InChI=1S/C28H28N2O4S/c1-3-32-15-16-33-28-14-12-21(18(2)29-28)22-5-4-6-24-23(22)11-13-25(24)34-20-9-7-19(8-10-20)26-17-27(31)30-35-26/h4-10,12,14,17,25H,3,11,13,15-16H2,1-2H3,(H,30,31)/t25-/m1/s1. The van der Waals surface area contributed by atoms with E-state index < -0.39 is 0 Å². The van der Waals surface area contributed by atoms with Gasteiger partial charge in [0.15, 0.2) is 0 Å². The van der Waals surface area contributed by atoms with E-state index in [1.165, 1.54) is 28.2 Å². The number of benzene rings is 2. The van der Waals surface area contributed by atoms with Gasteiger partial charge >= 0.3 is 0 Å². The van der Waals surface area contributed by atoms with Gasteiger partial charge in [-0.1, -0.05) is 29.7 Å². The Labute approximate surface area is 208 Å². The Morgan fingerprint density at radius 2 is 1.91 bits per heavy atom. The predicted molar refractivity (Wildman–Crippen MR) is 138 cm³/mol. The molecule has 1 aliphatic carbocycles. The Kier molecular flexibility index (Phi) is 6.97. The van der Waals surface area contributed by atoms with Crippen molar-refractivity contribution in [2.45, 2.75) is 32.8 Å². The van der Waals surface area contributed by atoms with Crippen LogP contribution in [0.1, 0.15) is 36.3 Å². The summed E-state index contributed by atoms with van der Waals surface area (Å²) in [6.07, 6.45) is 1.89. The van der Waals surface area contributed by atoms with Crippen molar-refractivity contribution in [1.29, 1.82) is 0 Å². The van der Waals surface area contributed by atoms with Crippen LogP contribution in [0.2, 0.25) is 0 Å². The molecule has 180 valence electrons. The maximum atomic E-state index is 11.4. The van der Waals surface area contributed by atoms with Crippen molar-refractivity contribution in [3.63, 3.8) is 0 Å². The average molecular weight is 489 g/mol. The number of hydrogen-bond donors (Lipinski definition) is 1. The quantitative estimate of drug-likeness (QED) is 0.295. The molecular weight excluding hydrogens is 460 g/mol. The SMILES string of the molecule is CCOCCOc1ccc(-c2cccc3c2CC[C@H]3Oc2ccc(-c3cc(=O)[nH]s3)cc2)c(C)n1. The lowest BCUT2D eigenvalue weighted by molar-refractivity contribution is 0.108. The molecule has 1 N–H and O–H groups in total. The van der Waals surface area contributed by atoms with E-state index in [0.29, 0.717) is 25.7 Å². The Hall–Kier alpha value is -3.42. The first kappa shape index (κ1) is 23.3. The van der Waals surface area contributed by atoms with Crippen molar-refractivity contribution in [2.24, 2.45) is 0 Å². The largest absolute Gasteiger partial charge is 0.486 e. The number of aromatic nitrogens is 2. The maximum Gasteiger partial charge on any atom is 0.258 e.